The maximum absolute atomic E-state index is 11.3. The van der Waals surface area contributed by atoms with Gasteiger partial charge in [0.15, 0.2) is 5.69 Å². The van der Waals surface area contributed by atoms with Crippen molar-refractivity contribution in [3.05, 3.63) is 18.1 Å². The van der Waals surface area contributed by atoms with Crippen LogP contribution in [0.2, 0.25) is 0 Å². The van der Waals surface area contributed by atoms with Crippen molar-refractivity contribution in [3.8, 4) is 0 Å². The van der Waals surface area contributed by atoms with Gasteiger partial charge in [-0.1, -0.05) is 13.3 Å². The van der Waals surface area contributed by atoms with E-state index in [1.807, 2.05) is 11.8 Å². The number of esters is 1. The minimum atomic E-state index is -0.459. The van der Waals surface area contributed by atoms with Crippen LogP contribution in [0.1, 0.15) is 36.7 Å². The molecule has 19 heavy (non-hydrogen) atoms. The van der Waals surface area contributed by atoms with Gasteiger partial charge in [0.1, 0.15) is 5.82 Å². The topological polar surface area (TPSA) is 64.1 Å². The molecule has 0 aromatic carbocycles. The molecule has 1 aromatic heterocycles. The van der Waals surface area contributed by atoms with Crippen molar-refractivity contribution >= 4 is 23.5 Å². The van der Waals surface area contributed by atoms with Crippen LogP contribution in [0.3, 0.4) is 0 Å². The molecule has 1 aromatic rings. The number of ether oxygens (including phenoxy) is 1. The second-order valence-corrected chi connectivity index (χ2v) is 5.97. The van der Waals surface area contributed by atoms with E-state index >= 15 is 0 Å². The summed E-state index contributed by atoms with van der Waals surface area (Å²) in [7, 11) is 1.33. The Labute approximate surface area is 117 Å². The van der Waals surface area contributed by atoms with Crippen LogP contribution in [-0.4, -0.2) is 40.1 Å². The number of hydrogen-bond acceptors (Lipinski definition) is 6. The number of carbonyl (C=O) groups is 1. The Kier molecular flexibility index (Phi) is 5.01. The molecule has 6 heteroatoms. The molecule has 1 heterocycles. The molecule has 2 atom stereocenters. The van der Waals surface area contributed by atoms with E-state index in [1.54, 1.807) is 6.20 Å². The lowest BCUT2D eigenvalue weighted by Gasteiger charge is -2.20. The van der Waals surface area contributed by atoms with Crippen molar-refractivity contribution in [3.63, 3.8) is 0 Å². The number of anilines is 1. The SMILES string of the molecule is CCSC1CCCC1Nc1cnc(C(=O)OC)cn1. The second kappa shape index (κ2) is 6.75. The van der Waals surface area contributed by atoms with Gasteiger partial charge in [0.05, 0.1) is 19.5 Å². The van der Waals surface area contributed by atoms with E-state index in [4.69, 9.17) is 0 Å². The second-order valence-electron chi connectivity index (χ2n) is 4.45. The van der Waals surface area contributed by atoms with Gasteiger partial charge in [-0.2, -0.15) is 11.8 Å². The zero-order chi connectivity index (χ0) is 13.7. The Bertz CT molecular complexity index is 424. The summed E-state index contributed by atoms with van der Waals surface area (Å²) < 4.78 is 4.59. The van der Waals surface area contributed by atoms with Gasteiger partial charge in [0.2, 0.25) is 0 Å². The summed E-state index contributed by atoms with van der Waals surface area (Å²) in [6.07, 6.45) is 6.72. The van der Waals surface area contributed by atoms with E-state index in [2.05, 4.69) is 26.9 Å². The average Bonchev–Trinajstić information content (AvgIpc) is 2.86. The maximum Gasteiger partial charge on any atom is 0.358 e. The highest BCUT2D eigenvalue weighted by Gasteiger charge is 2.27. The largest absolute Gasteiger partial charge is 0.464 e. The molecule has 1 N–H and O–H groups in total. The number of hydrogen-bond donors (Lipinski definition) is 1. The Balaban J connectivity index is 1.97. The lowest BCUT2D eigenvalue weighted by Crippen LogP contribution is -2.26. The number of nitrogens with zero attached hydrogens (tertiary/aromatic N) is 2. The van der Waals surface area contributed by atoms with Crippen molar-refractivity contribution in [1.29, 1.82) is 0 Å². The van der Waals surface area contributed by atoms with Crippen LogP contribution in [-0.2, 0) is 4.74 Å². The summed E-state index contributed by atoms with van der Waals surface area (Å²) in [5.41, 5.74) is 0.235. The Hall–Kier alpha value is -1.30. The third kappa shape index (κ3) is 3.59. The smallest absolute Gasteiger partial charge is 0.358 e. The molecule has 104 valence electrons. The number of rotatable bonds is 5. The summed E-state index contributed by atoms with van der Waals surface area (Å²) in [5, 5.41) is 4.06. The van der Waals surface area contributed by atoms with Crippen LogP contribution in [0.15, 0.2) is 12.4 Å². The van der Waals surface area contributed by atoms with Gasteiger partial charge < -0.3 is 10.1 Å². The van der Waals surface area contributed by atoms with Gasteiger partial charge in [0, 0.05) is 11.3 Å². The standard InChI is InChI=1S/C13H19N3O2S/c1-3-19-11-6-4-5-9(11)16-12-8-14-10(7-15-12)13(17)18-2/h7-9,11H,3-6H2,1-2H3,(H,15,16). The van der Waals surface area contributed by atoms with E-state index in [9.17, 15) is 4.79 Å². The Morgan fingerprint density at radius 3 is 2.95 bits per heavy atom. The molecule has 0 amide bonds. The first-order valence-electron chi connectivity index (χ1n) is 6.53. The van der Waals surface area contributed by atoms with Gasteiger partial charge >= 0.3 is 5.97 Å². The summed E-state index contributed by atoms with van der Waals surface area (Å²) in [6, 6.07) is 0.447. The molecule has 0 spiro atoms. The predicted octanol–water partition coefficient (Wildman–Crippen LogP) is 2.35. The first-order chi connectivity index (χ1) is 9.24. The lowest BCUT2D eigenvalue weighted by molar-refractivity contribution is 0.0593. The average molecular weight is 281 g/mol. The number of carbonyl (C=O) groups excluding carboxylic acids is 1. The zero-order valence-electron chi connectivity index (χ0n) is 11.3. The molecular weight excluding hydrogens is 262 g/mol. The van der Waals surface area contributed by atoms with E-state index in [-0.39, 0.29) is 5.69 Å². The molecule has 0 radical (unpaired) electrons. The maximum atomic E-state index is 11.3. The van der Waals surface area contributed by atoms with Gasteiger partial charge in [-0.15, -0.1) is 0 Å². The Morgan fingerprint density at radius 1 is 1.47 bits per heavy atom. The van der Waals surface area contributed by atoms with Crippen LogP contribution in [0.25, 0.3) is 0 Å². The first-order valence-corrected chi connectivity index (χ1v) is 7.58. The van der Waals surface area contributed by atoms with E-state index in [0.29, 0.717) is 11.3 Å². The molecule has 1 aliphatic rings. The van der Waals surface area contributed by atoms with Crippen molar-refractivity contribution < 1.29 is 9.53 Å². The summed E-state index contributed by atoms with van der Waals surface area (Å²) in [4.78, 5) is 19.5. The quantitative estimate of drug-likeness (QED) is 0.836. The van der Waals surface area contributed by atoms with E-state index < -0.39 is 5.97 Å². The molecule has 0 aliphatic heterocycles. The lowest BCUT2D eigenvalue weighted by atomic mass is 10.2. The van der Waals surface area contributed by atoms with Crippen molar-refractivity contribution in [2.75, 3.05) is 18.2 Å². The number of methoxy groups -OCH3 is 1. The molecule has 2 unspecified atom stereocenters. The van der Waals surface area contributed by atoms with Crippen LogP contribution in [0, 0.1) is 0 Å². The summed E-state index contributed by atoms with van der Waals surface area (Å²) in [6.45, 7) is 2.19. The van der Waals surface area contributed by atoms with Crippen molar-refractivity contribution in [2.45, 2.75) is 37.5 Å². The number of nitrogens with one attached hydrogen (secondary N) is 1. The molecule has 5 nitrogen and oxygen atoms in total. The molecular formula is C13H19N3O2S. The highest BCUT2D eigenvalue weighted by atomic mass is 32.2. The fourth-order valence-corrected chi connectivity index (χ4v) is 3.51. The number of thioether (sulfide) groups is 1. The highest BCUT2D eigenvalue weighted by Crippen LogP contribution is 2.31. The molecule has 0 bridgehead atoms. The minimum Gasteiger partial charge on any atom is -0.464 e. The molecule has 1 saturated carbocycles. The summed E-state index contributed by atoms with van der Waals surface area (Å²) >= 11 is 1.99. The van der Waals surface area contributed by atoms with Crippen LogP contribution < -0.4 is 5.32 Å². The normalized spacial score (nSPS) is 22.2. The van der Waals surface area contributed by atoms with Gasteiger partial charge in [-0.05, 0) is 18.6 Å². The zero-order valence-corrected chi connectivity index (χ0v) is 12.1. The molecule has 1 aliphatic carbocycles. The predicted molar refractivity (Wildman–Crippen MR) is 76.6 cm³/mol. The third-order valence-electron chi connectivity index (χ3n) is 3.21. The monoisotopic (exact) mass is 281 g/mol. The third-order valence-corrected chi connectivity index (χ3v) is 4.54. The Morgan fingerprint density at radius 2 is 2.32 bits per heavy atom. The van der Waals surface area contributed by atoms with Crippen molar-refractivity contribution in [1.82, 2.24) is 9.97 Å². The molecule has 1 fully saturated rings. The van der Waals surface area contributed by atoms with E-state index in [0.717, 1.165) is 18.0 Å². The van der Waals surface area contributed by atoms with Crippen molar-refractivity contribution in [2.24, 2.45) is 0 Å². The van der Waals surface area contributed by atoms with Crippen LogP contribution in [0.4, 0.5) is 5.82 Å². The fourth-order valence-electron chi connectivity index (χ4n) is 2.31. The summed E-state index contributed by atoms with van der Waals surface area (Å²) in [5.74, 6) is 1.40. The van der Waals surface area contributed by atoms with Crippen LogP contribution in [0.5, 0.6) is 0 Å². The van der Waals surface area contributed by atoms with Crippen LogP contribution >= 0.6 is 11.8 Å². The minimum absolute atomic E-state index is 0.235. The van der Waals surface area contributed by atoms with Gasteiger partial charge in [-0.3, -0.25) is 0 Å². The van der Waals surface area contributed by atoms with Gasteiger partial charge in [0.25, 0.3) is 0 Å². The molecule has 2 rings (SSSR count). The van der Waals surface area contributed by atoms with E-state index in [1.165, 1.54) is 26.1 Å². The number of aromatic nitrogens is 2. The molecule has 0 saturated heterocycles. The highest BCUT2D eigenvalue weighted by molar-refractivity contribution is 7.99. The fraction of sp³-hybridized carbons (Fsp3) is 0.615. The van der Waals surface area contributed by atoms with Gasteiger partial charge in [-0.25, -0.2) is 14.8 Å². The first kappa shape index (κ1) is 14.1.